The third kappa shape index (κ3) is 1.50. The van der Waals surface area contributed by atoms with E-state index in [9.17, 15) is 0 Å². The Balaban J connectivity index is 1.67. The largest absolute Gasteiger partial charge is 0.0848 e. The fourth-order valence-corrected chi connectivity index (χ4v) is 6.37. The molecule has 0 heteroatoms. The van der Waals surface area contributed by atoms with Gasteiger partial charge in [0.1, 0.15) is 0 Å². The van der Waals surface area contributed by atoms with E-state index in [1.54, 1.807) is 25.7 Å². The van der Waals surface area contributed by atoms with Crippen molar-refractivity contribution >= 4 is 0 Å². The minimum atomic E-state index is 0.620. The second-order valence-electron chi connectivity index (χ2n) is 7.78. The standard InChI is InChI=1S/C18H28/c1-18-12-3-2-6-14(18)9-10-16-15-7-4-5-13(15)8-11-17(16)18/h6,13,15-17H,2-5,7-12H2,1H3/t13-,15+,16-,17-,18-/m0/s1. The van der Waals surface area contributed by atoms with Gasteiger partial charge in [0.2, 0.25) is 0 Å². The molecule has 0 amide bonds. The molecule has 0 saturated heterocycles. The zero-order valence-corrected chi connectivity index (χ0v) is 12.0. The summed E-state index contributed by atoms with van der Waals surface area (Å²) in [6, 6.07) is 0. The van der Waals surface area contributed by atoms with Gasteiger partial charge >= 0.3 is 0 Å². The summed E-state index contributed by atoms with van der Waals surface area (Å²) < 4.78 is 0. The predicted octanol–water partition coefficient (Wildman–Crippen LogP) is 5.34. The highest BCUT2D eigenvalue weighted by atomic mass is 14.6. The van der Waals surface area contributed by atoms with Crippen LogP contribution in [0.3, 0.4) is 0 Å². The lowest BCUT2D eigenvalue weighted by atomic mass is 9.50. The Morgan fingerprint density at radius 2 is 1.94 bits per heavy atom. The molecule has 4 rings (SSSR count). The first kappa shape index (κ1) is 11.6. The first-order valence-electron chi connectivity index (χ1n) is 8.48. The number of allylic oxidation sites excluding steroid dienone is 2. The maximum atomic E-state index is 2.63. The van der Waals surface area contributed by atoms with Crippen LogP contribution < -0.4 is 0 Å². The molecule has 0 heterocycles. The molecule has 0 unspecified atom stereocenters. The lowest BCUT2D eigenvalue weighted by Gasteiger charge is -2.55. The molecular formula is C18H28. The fourth-order valence-electron chi connectivity index (χ4n) is 6.37. The summed E-state index contributed by atoms with van der Waals surface area (Å²) in [7, 11) is 0. The van der Waals surface area contributed by atoms with E-state index in [0.29, 0.717) is 5.41 Å². The van der Waals surface area contributed by atoms with Gasteiger partial charge in [-0.2, -0.15) is 0 Å². The second kappa shape index (κ2) is 4.12. The van der Waals surface area contributed by atoms with Crippen LogP contribution in [-0.4, -0.2) is 0 Å². The highest BCUT2D eigenvalue weighted by Gasteiger charge is 2.51. The lowest BCUT2D eigenvalue weighted by Crippen LogP contribution is -2.46. The van der Waals surface area contributed by atoms with Crippen LogP contribution in [0.15, 0.2) is 11.6 Å². The third-order valence-corrected chi connectivity index (χ3v) is 7.22. The van der Waals surface area contributed by atoms with Crippen molar-refractivity contribution in [2.45, 2.75) is 71.1 Å². The Kier molecular flexibility index (Phi) is 2.64. The van der Waals surface area contributed by atoms with E-state index in [4.69, 9.17) is 0 Å². The number of fused-ring (bicyclic) bond motifs is 5. The van der Waals surface area contributed by atoms with Crippen LogP contribution in [0.4, 0.5) is 0 Å². The van der Waals surface area contributed by atoms with Crippen LogP contribution in [0, 0.1) is 29.1 Å². The van der Waals surface area contributed by atoms with Gasteiger partial charge in [-0.3, -0.25) is 0 Å². The van der Waals surface area contributed by atoms with E-state index in [0.717, 1.165) is 23.7 Å². The van der Waals surface area contributed by atoms with E-state index in [1.165, 1.54) is 38.5 Å². The molecule has 0 aromatic carbocycles. The first-order valence-corrected chi connectivity index (χ1v) is 8.48. The Bertz CT molecular complexity index is 366. The topological polar surface area (TPSA) is 0 Å². The Morgan fingerprint density at radius 1 is 1.00 bits per heavy atom. The molecule has 0 nitrogen and oxygen atoms in total. The van der Waals surface area contributed by atoms with E-state index in [-0.39, 0.29) is 0 Å². The molecule has 3 saturated carbocycles. The zero-order chi connectivity index (χ0) is 12.2. The van der Waals surface area contributed by atoms with Crippen LogP contribution in [0.2, 0.25) is 0 Å². The van der Waals surface area contributed by atoms with Gasteiger partial charge in [-0.15, -0.1) is 0 Å². The number of hydrogen-bond acceptors (Lipinski definition) is 0. The van der Waals surface area contributed by atoms with Crippen molar-refractivity contribution < 1.29 is 0 Å². The molecule has 0 aliphatic heterocycles. The summed E-state index contributed by atoms with van der Waals surface area (Å²) in [5.41, 5.74) is 2.49. The smallest absolute Gasteiger partial charge is 0.00853 e. The van der Waals surface area contributed by atoms with Gasteiger partial charge < -0.3 is 0 Å². The minimum absolute atomic E-state index is 0.620. The predicted molar refractivity (Wildman–Crippen MR) is 76.3 cm³/mol. The molecule has 0 radical (unpaired) electrons. The van der Waals surface area contributed by atoms with Gasteiger partial charge in [0.15, 0.2) is 0 Å². The molecule has 0 aromatic heterocycles. The molecule has 4 aliphatic rings. The van der Waals surface area contributed by atoms with Gasteiger partial charge in [-0.05, 0) is 80.5 Å². The molecule has 5 atom stereocenters. The van der Waals surface area contributed by atoms with Crippen molar-refractivity contribution in [3.63, 3.8) is 0 Å². The van der Waals surface area contributed by atoms with Crippen molar-refractivity contribution in [2.24, 2.45) is 29.1 Å². The summed E-state index contributed by atoms with van der Waals surface area (Å²) >= 11 is 0. The lowest BCUT2D eigenvalue weighted by molar-refractivity contribution is 0.000918. The van der Waals surface area contributed by atoms with Gasteiger partial charge in [0, 0.05) is 0 Å². The van der Waals surface area contributed by atoms with Crippen molar-refractivity contribution in [1.82, 2.24) is 0 Å². The first-order chi connectivity index (χ1) is 8.79. The van der Waals surface area contributed by atoms with Crippen LogP contribution in [0.5, 0.6) is 0 Å². The summed E-state index contributed by atoms with van der Waals surface area (Å²) in [4.78, 5) is 0. The summed E-state index contributed by atoms with van der Waals surface area (Å²) in [5.74, 6) is 4.41. The maximum Gasteiger partial charge on any atom is -0.00853 e. The molecule has 18 heavy (non-hydrogen) atoms. The quantitative estimate of drug-likeness (QED) is 0.505. The summed E-state index contributed by atoms with van der Waals surface area (Å²) in [5, 5.41) is 0. The molecule has 0 bridgehead atoms. The average Bonchev–Trinajstić information content (AvgIpc) is 2.86. The van der Waals surface area contributed by atoms with Crippen LogP contribution in [-0.2, 0) is 0 Å². The van der Waals surface area contributed by atoms with Crippen LogP contribution >= 0.6 is 0 Å². The van der Waals surface area contributed by atoms with Crippen molar-refractivity contribution in [2.75, 3.05) is 0 Å². The van der Waals surface area contributed by atoms with Crippen LogP contribution in [0.25, 0.3) is 0 Å². The zero-order valence-electron chi connectivity index (χ0n) is 12.0. The SMILES string of the molecule is C[C@]12CCCC=C1CC[C@H]1[C@@H]3CCC[C@H]3CC[C@@H]12. The molecule has 3 fully saturated rings. The van der Waals surface area contributed by atoms with E-state index >= 15 is 0 Å². The monoisotopic (exact) mass is 244 g/mol. The molecular weight excluding hydrogens is 216 g/mol. The molecule has 0 spiro atoms. The van der Waals surface area contributed by atoms with Crippen LogP contribution in [0.1, 0.15) is 71.1 Å². The number of rotatable bonds is 0. The highest BCUT2D eigenvalue weighted by Crippen LogP contribution is 2.61. The maximum absolute atomic E-state index is 2.63. The van der Waals surface area contributed by atoms with E-state index in [2.05, 4.69) is 13.0 Å². The summed E-state index contributed by atoms with van der Waals surface area (Å²) in [6.07, 6.45) is 17.7. The molecule has 0 N–H and O–H groups in total. The van der Waals surface area contributed by atoms with Crippen molar-refractivity contribution in [3.8, 4) is 0 Å². The van der Waals surface area contributed by atoms with Gasteiger partial charge in [-0.1, -0.05) is 31.4 Å². The van der Waals surface area contributed by atoms with Gasteiger partial charge in [0.05, 0.1) is 0 Å². The Labute approximate surface area is 112 Å². The highest BCUT2D eigenvalue weighted by molar-refractivity contribution is 5.22. The minimum Gasteiger partial charge on any atom is -0.0848 e. The average molecular weight is 244 g/mol. The third-order valence-electron chi connectivity index (χ3n) is 7.22. The van der Waals surface area contributed by atoms with Crippen molar-refractivity contribution in [1.29, 1.82) is 0 Å². The van der Waals surface area contributed by atoms with Gasteiger partial charge in [-0.25, -0.2) is 0 Å². The Hall–Kier alpha value is -0.260. The normalized spacial score (nSPS) is 51.1. The molecule has 4 aliphatic carbocycles. The van der Waals surface area contributed by atoms with Gasteiger partial charge in [0.25, 0.3) is 0 Å². The number of hydrogen-bond donors (Lipinski definition) is 0. The molecule has 100 valence electrons. The Morgan fingerprint density at radius 3 is 2.89 bits per heavy atom. The van der Waals surface area contributed by atoms with Crippen molar-refractivity contribution in [3.05, 3.63) is 11.6 Å². The summed E-state index contributed by atoms with van der Waals surface area (Å²) in [6.45, 7) is 2.63. The van der Waals surface area contributed by atoms with E-state index < -0.39 is 0 Å². The molecule has 0 aromatic rings. The van der Waals surface area contributed by atoms with E-state index in [1.807, 2.05) is 5.57 Å². The fraction of sp³-hybridized carbons (Fsp3) is 0.889. The second-order valence-corrected chi connectivity index (χ2v) is 7.78.